The van der Waals surface area contributed by atoms with Crippen molar-refractivity contribution >= 4 is 5.91 Å². The molecule has 0 saturated carbocycles. The molecule has 0 radical (unpaired) electrons. The number of ether oxygens (including phenoxy) is 1. The number of nitrogens with zero attached hydrogens (tertiary/aromatic N) is 3. The van der Waals surface area contributed by atoms with E-state index in [9.17, 15) is 9.90 Å². The molecule has 1 aromatic heterocycles. The molecule has 1 fully saturated rings. The first-order valence-electron chi connectivity index (χ1n) is 7.78. The number of rotatable bonds is 5. The molecule has 1 saturated heterocycles. The van der Waals surface area contributed by atoms with Crippen LogP contribution in [0.25, 0.3) is 0 Å². The number of carbonyl (C=O) groups is 1. The highest BCUT2D eigenvalue weighted by Crippen LogP contribution is 2.13. The zero-order valence-corrected chi connectivity index (χ0v) is 13.5. The van der Waals surface area contributed by atoms with Crippen LogP contribution in [0, 0.1) is 0 Å². The lowest BCUT2D eigenvalue weighted by atomic mass is 10.2. The molecule has 122 valence electrons. The Morgan fingerprint density at radius 2 is 1.95 bits per heavy atom. The summed E-state index contributed by atoms with van der Waals surface area (Å²) < 4.78 is 5.48. The Hall–Kier alpha value is -1.66. The number of aliphatic hydroxyl groups excluding tert-OH is 1. The summed E-state index contributed by atoms with van der Waals surface area (Å²) in [6.07, 6.45) is 1.30. The number of amides is 1. The molecule has 1 N–H and O–H groups in total. The van der Waals surface area contributed by atoms with Gasteiger partial charge in [0.2, 0.25) is 5.88 Å². The predicted molar refractivity (Wildman–Crippen MR) is 84.0 cm³/mol. The maximum atomic E-state index is 12.4. The minimum absolute atomic E-state index is 0.000272. The molecule has 2 heterocycles. The zero-order chi connectivity index (χ0) is 16.1. The summed E-state index contributed by atoms with van der Waals surface area (Å²) in [4.78, 5) is 20.6. The van der Waals surface area contributed by atoms with E-state index in [-0.39, 0.29) is 18.1 Å². The van der Waals surface area contributed by atoms with E-state index >= 15 is 0 Å². The predicted octanol–water partition coefficient (Wildman–Crippen LogP) is 1.01. The van der Waals surface area contributed by atoms with Crippen LogP contribution in [0.15, 0.2) is 18.3 Å². The first kappa shape index (κ1) is 16.7. The van der Waals surface area contributed by atoms with Gasteiger partial charge in [-0.25, -0.2) is 4.98 Å². The number of aromatic nitrogens is 1. The molecule has 1 amide bonds. The van der Waals surface area contributed by atoms with Crippen molar-refractivity contribution in [3.63, 3.8) is 0 Å². The van der Waals surface area contributed by atoms with Gasteiger partial charge < -0.3 is 14.7 Å². The fraction of sp³-hybridized carbons (Fsp3) is 0.625. The van der Waals surface area contributed by atoms with Gasteiger partial charge in [-0.15, -0.1) is 0 Å². The van der Waals surface area contributed by atoms with Gasteiger partial charge in [0.25, 0.3) is 5.91 Å². The Morgan fingerprint density at radius 3 is 2.45 bits per heavy atom. The van der Waals surface area contributed by atoms with Crippen LogP contribution < -0.4 is 4.74 Å². The summed E-state index contributed by atoms with van der Waals surface area (Å²) in [5.74, 6) is 0.536. The summed E-state index contributed by atoms with van der Waals surface area (Å²) in [7, 11) is 0. The average molecular weight is 307 g/mol. The molecule has 0 aromatic carbocycles. The number of pyridine rings is 1. The molecule has 0 aliphatic carbocycles. The second-order valence-corrected chi connectivity index (χ2v) is 5.99. The van der Waals surface area contributed by atoms with Crippen LogP contribution in [-0.2, 0) is 0 Å². The summed E-state index contributed by atoms with van der Waals surface area (Å²) in [6, 6.07) is 3.49. The number of aliphatic hydroxyl groups is 1. The largest absolute Gasteiger partial charge is 0.475 e. The molecule has 1 atom stereocenters. The van der Waals surface area contributed by atoms with Crippen LogP contribution >= 0.6 is 0 Å². The van der Waals surface area contributed by atoms with E-state index in [4.69, 9.17) is 4.74 Å². The Balaban J connectivity index is 1.89. The van der Waals surface area contributed by atoms with E-state index in [1.165, 1.54) is 0 Å². The lowest BCUT2D eigenvalue weighted by molar-refractivity contribution is 0.0553. The van der Waals surface area contributed by atoms with E-state index in [1.807, 2.05) is 18.7 Å². The van der Waals surface area contributed by atoms with Gasteiger partial charge in [0, 0.05) is 45.0 Å². The van der Waals surface area contributed by atoms with Crippen molar-refractivity contribution < 1.29 is 14.6 Å². The lowest BCUT2D eigenvalue weighted by Crippen LogP contribution is -2.50. The Morgan fingerprint density at radius 1 is 1.27 bits per heavy atom. The van der Waals surface area contributed by atoms with Crippen molar-refractivity contribution in [1.82, 2.24) is 14.8 Å². The van der Waals surface area contributed by atoms with Crippen molar-refractivity contribution in [2.24, 2.45) is 0 Å². The summed E-state index contributed by atoms with van der Waals surface area (Å²) in [5.41, 5.74) is 0.583. The van der Waals surface area contributed by atoms with Crippen LogP contribution in [0.2, 0.25) is 0 Å². The monoisotopic (exact) mass is 307 g/mol. The number of hydrogen-bond donors (Lipinski definition) is 1. The zero-order valence-electron chi connectivity index (χ0n) is 13.5. The topological polar surface area (TPSA) is 65.9 Å². The highest BCUT2D eigenvalue weighted by Gasteiger charge is 2.22. The van der Waals surface area contributed by atoms with E-state index in [2.05, 4.69) is 9.88 Å². The van der Waals surface area contributed by atoms with Crippen molar-refractivity contribution in [2.45, 2.75) is 33.0 Å². The van der Waals surface area contributed by atoms with Crippen molar-refractivity contribution in [3.05, 3.63) is 23.9 Å². The fourth-order valence-corrected chi connectivity index (χ4v) is 2.51. The smallest absolute Gasteiger partial charge is 0.255 e. The normalized spacial score (nSPS) is 17.6. The van der Waals surface area contributed by atoms with Gasteiger partial charge in [0.05, 0.1) is 17.8 Å². The number of piperazine rings is 1. The molecule has 1 aliphatic heterocycles. The van der Waals surface area contributed by atoms with Crippen molar-refractivity contribution in [3.8, 4) is 5.88 Å². The van der Waals surface area contributed by atoms with Crippen LogP contribution in [-0.4, -0.2) is 70.7 Å². The first-order chi connectivity index (χ1) is 10.5. The van der Waals surface area contributed by atoms with Gasteiger partial charge in [-0.1, -0.05) is 0 Å². The molecule has 0 bridgehead atoms. The van der Waals surface area contributed by atoms with Gasteiger partial charge >= 0.3 is 0 Å². The molecule has 1 aliphatic rings. The third kappa shape index (κ3) is 4.68. The summed E-state index contributed by atoms with van der Waals surface area (Å²) >= 11 is 0. The Kier molecular flexibility index (Phi) is 5.74. The van der Waals surface area contributed by atoms with Gasteiger partial charge in [0.1, 0.15) is 0 Å². The van der Waals surface area contributed by atoms with Crippen LogP contribution in [0.4, 0.5) is 0 Å². The Labute approximate surface area is 131 Å². The molecule has 22 heavy (non-hydrogen) atoms. The third-order valence-corrected chi connectivity index (χ3v) is 3.52. The standard InChI is InChI=1S/C16H25N3O3/c1-12(2)22-15-5-4-14(10-17-15)16(21)19-8-6-18(7-9-19)11-13(3)20/h4-5,10,12-13,20H,6-9,11H2,1-3H3/t13-/m0/s1. The molecule has 0 unspecified atom stereocenters. The summed E-state index contributed by atoms with van der Waals surface area (Å²) in [5, 5.41) is 9.40. The van der Waals surface area contributed by atoms with Gasteiger partial charge in [0.15, 0.2) is 0 Å². The maximum Gasteiger partial charge on any atom is 0.255 e. The minimum atomic E-state index is -0.333. The average Bonchev–Trinajstić information content (AvgIpc) is 2.47. The molecule has 6 nitrogen and oxygen atoms in total. The fourth-order valence-electron chi connectivity index (χ4n) is 2.51. The van der Waals surface area contributed by atoms with E-state index in [0.29, 0.717) is 31.1 Å². The van der Waals surface area contributed by atoms with Gasteiger partial charge in [-0.2, -0.15) is 0 Å². The molecule has 0 spiro atoms. The maximum absolute atomic E-state index is 12.4. The molecular formula is C16H25N3O3. The highest BCUT2D eigenvalue weighted by molar-refractivity contribution is 5.94. The lowest BCUT2D eigenvalue weighted by Gasteiger charge is -2.35. The van der Waals surface area contributed by atoms with Gasteiger partial charge in [-0.3, -0.25) is 9.69 Å². The number of carbonyl (C=O) groups excluding carboxylic acids is 1. The van der Waals surface area contributed by atoms with E-state index in [0.717, 1.165) is 13.1 Å². The van der Waals surface area contributed by atoms with E-state index in [1.54, 1.807) is 25.3 Å². The SMILES string of the molecule is CC(C)Oc1ccc(C(=O)N2CCN(C[C@H](C)O)CC2)cn1. The first-order valence-corrected chi connectivity index (χ1v) is 7.78. The molecule has 2 rings (SSSR count). The second kappa shape index (κ2) is 7.56. The van der Waals surface area contributed by atoms with Crippen molar-refractivity contribution in [1.29, 1.82) is 0 Å². The van der Waals surface area contributed by atoms with Crippen LogP contribution in [0.5, 0.6) is 5.88 Å². The molecular weight excluding hydrogens is 282 g/mol. The van der Waals surface area contributed by atoms with Crippen molar-refractivity contribution in [2.75, 3.05) is 32.7 Å². The van der Waals surface area contributed by atoms with Crippen LogP contribution in [0.3, 0.4) is 0 Å². The summed E-state index contributed by atoms with van der Waals surface area (Å²) in [6.45, 7) is 9.25. The Bertz CT molecular complexity index is 480. The molecule has 1 aromatic rings. The van der Waals surface area contributed by atoms with Gasteiger partial charge in [-0.05, 0) is 26.8 Å². The number of β-amino-alcohol motifs (C(OH)–C–C–N with tert-alkyl or cyclic N) is 1. The van der Waals surface area contributed by atoms with E-state index < -0.39 is 0 Å². The minimum Gasteiger partial charge on any atom is -0.475 e. The van der Waals surface area contributed by atoms with Crippen LogP contribution in [0.1, 0.15) is 31.1 Å². The number of hydrogen-bond acceptors (Lipinski definition) is 5. The molecule has 6 heteroatoms. The highest BCUT2D eigenvalue weighted by atomic mass is 16.5. The quantitative estimate of drug-likeness (QED) is 0.879. The second-order valence-electron chi connectivity index (χ2n) is 5.99. The third-order valence-electron chi connectivity index (χ3n) is 3.52.